The number of hydrogen-bond donors (Lipinski definition) is 0. The topological polar surface area (TPSA) is 19.4 Å². The SMILES string of the molecule is C=Cc1ccnc(CN2CCN(C)CC2)c1. The standard InChI is InChI=1S/C13H19N3/c1-3-12-4-5-14-13(10-12)11-16-8-6-15(2)7-9-16/h3-5,10H,1,6-9,11H2,2H3. The Morgan fingerprint density at radius 2 is 2.12 bits per heavy atom. The van der Waals surface area contributed by atoms with Gasteiger partial charge >= 0.3 is 0 Å². The maximum absolute atomic E-state index is 4.40. The van der Waals surface area contributed by atoms with Crippen LogP contribution in [0.2, 0.25) is 0 Å². The first-order chi connectivity index (χ1) is 7.78. The minimum atomic E-state index is 0.954. The van der Waals surface area contributed by atoms with Crippen molar-refractivity contribution in [3.8, 4) is 0 Å². The molecule has 0 radical (unpaired) electrons. The molecule has 1 fully saturated rings. The lowest BCUT2D eigenvalue weighted by atomic mass is 10.2. The van der Waals surface area contributed by atoms with Gasteiger partial charge in [0.05, 0.1) is 5.69 Å². The first-order valence-corrected chi connectivity index (χ1v) is 5.76. The average molecular weight is 217 g/mol. The van der Waals surface area contributed by atoms with Gasteiger partial charge in [0.2, 0.25) is 0 Å². The van der Waals surface area contributed by atoms with Crippen LogP contribution in [0.4, 0.5) is 0 Å². The van der Waals surface area contributed by atoms with Crippen molar-refractivity contribution in [2.75, 3.05) is 33.2 Å². The maximum atomic E-state index is 4.40. The summed E-state index contributed by atoms with van der Waals surface area (Å²) in [6.45, 7) is 9.31. The maximum Gasteiger partial charge on any atom is 0.0549 e. The van der Waals surface area contributed by atoms with E-state index in [0.29, 0.717) is 0 Å². The molecule has 2 heterocycles. The van der Waals surface area contributed by atoms with Gasteiger partial charge in [-0.25, -0.2) is 0 Å². The minimum absolute atomic E-state index is 0.954. The summed E-state index contributed by atoms with van der Waals surface area (Å²) >= 11 is 0. The molecule has 2 rings (SSSR count). The zero-order chi connectivity index (χ0) is 11.4. The second-order valence-electron chi connectivity index (χ2n) is 4.36. The van der Waals surface area contributed by atoms with Gasteiger partial charge in [0.25, 0.3) is 0 Å². The summed E-state index contributed by atoms with van der Waals surface area (Å²) in [6, 6.07) is 4.10. The fraction of sp³-hybridized carbons (Fsp3) is 0.462. The van der Waals surface area contributed by atoms with Crippen LogP contribution in [-0.2, 0) is 6.54 Å². The molecule has 1 aliphatic rings. The van der Waals surface area contributed by atoms with Gasteiger partial charge in [0, 0.05) is 38.9 Å². The van der Waals surface area contributed by atoms with E-state index in [1.54, 1.807) is 0 Å². The number of hydrogen-bond acceptors (Lipinski definition) is 3. The quantitative estimate of drug-likeness (QED) is 0.764. The molecule has 0 amide bonds. The van der Waals surface area contributed by atoms with Gasteiger partial charge in [-0.2, -0.15) is 0 Å². The highest BCUT2D eigenvalue weighted by molar-refractivity contribution is 5.46. The monoisotopic (exact) mass is 217 g/mol. The van der Waals surface area contributed by atoms with Crippen LogP contribution >= 0.6 is 0 Å². The molecule has 1 aliphatic heterocycles. The van der Waals surface area contributed by atoms with E-state index in [4.69, 9.17) is 0 Å². The molecule has 1 aromatic rings. The molecular weight excluding hydrogens is 198 g/mol. The van der Waals surface area contributed by atoms with E-state index in [9.17, 15) is 0 Å². The van der Waals surface area contributed by atoms with Crippen LogP contribution in [0.5, 0.6) is 0 Å². The van der Waals surface area contributed by atoms with E-state index in [2.05, 4.69) is 34.5 Å². The predicted molar refractivity (Wildman–Crippen MR) is 67.1 cm³/mol. The molecule has 0 N–H and O–H groups in total. The summed E-state index contributed by atoms with van der Waals surface area (Å²) in [5, 5.41) is 0. The third-order valence-corrected chi connectivity index (χ3v) is 3.06. The van der Waals surface area contributed by atoms with Crippen LogP contribution in [0.15, 0.2) is 24.9 Å². The molecule has 0 spiro atoms. The molecule has 1 saturated heterocycles. The van der Waals surface area contributed by atoms with Crippen molar-refractivity contribution >= 4 is 6.08 Å². The van der Waals surface area contributed by atoms with Crippen LogP contribution in [-0.4, -0.2) is 48.0 Å². The van der Waals surface area contributed by atoms with Crippen molar-refractivity contribution in [3.05, 3.63) is 36.2 Å². The lowest BCUT2D eigenvalue weighted by molar-refractivity contribution is 0.147. The van der Waals surface area contributed by atoms with Crippen LogP contribution in [0.25, 0.3) is 6.08 Å². The van der Waals surface area contributed by atoms with E-state index in [0.717, 1.165) is 44.0 Å². The normalized spacial score (nSPS) is 18.6. The van der Waals surface area contributed by atoms with Crippen LogP contribution in [0.3, 0.4) is 0 Å². The summed E-state index contributed by atoms with van der Waals surface area (Å²) in [4.78, 5) is 9.22. The highest BCUT2D eigenvalue weighted by Crippen LogP contribution is 2.08. The van der Waals surface area contributed by atoms with Gasteiger partial charge in [-0.1, -0.05) is 12.7 Å². The Labute approximate surface area is 97.4 Å². The summed E-state index contributed by atoms with van der Waals surface area (Å²) < 4.78 is 0. The van der Waals surface area contributed by atoms with Gasteiger partial charge in [-0.05, 0) is 24.7 Å². The molecule has 0 atom stereocenters. The molecular formula is C13H19N3. The van der Waals surface area contributed by atoms with Gasteiger partial charge in [-0.3, -0.25) is 9.88 Å². The first-order valence-electron chi connectivity index (χ1n) is 5.76. The number of piperazine rings is 1. The van der Waals surface area contributed by atoms with E-state index < -0.39 is 0 Å². The fourth-order valence-corrected chi connectivity index (χ4v) is 1.95. The fourth-order valence-electron chi connectivity index (χ4n) is 1.95. The van der Waals surface area contributed by atoms with Crippen molar-refractivity contribution in [1.82, 2.24) is 14.8 Å². The number of nitrogens with zero attached hydrogens (tertiary/aromatic N) is 3. The molecule has 3 heteroatoms. The molecule has 0 saturated carbocycles. The number of likely N-dealkylation sites (N-methyl/N-ethyl adjacent to an activating group) is 1. The summed E-state index contributed by atoms with van der Waals surface area (Å²) in [7, 11) is 2.17. The third-order valence-electron chi connectivity index (χ3n) is 3.06. The smallest absolute Gasteiger partial charge is 0.0549 e. The van der Waals surface area contributed by atoms with E-state index in [1.807, 2.05) is 18.3 Å². The van der Waals surface area contributed by atoms with Gasteiger partial charge in [-0.15, -0.1) is 0 Å². The Hall–Kier alpha value is -1.19. The average Bonchev–Trinajstić information content (AvgIpc) is 2.32. The van der Waals surface area contributed by atoms with Crippen molar-refractivity contribution < 1.29 is 0 Å². The summed E-state index contributed by atoms with van der Waals surface area (Å²) in [5.41, 5.74) is 2.29. The Morgan fingerprint density at radius 3 is 2.81 bits per heavy atom. The predicted octanol–water partition coefficient (Wildman–Crippen LogP) is 1.47. The number of aromatic nitrogens is 1. The van der Waals surface area contributed by atoms with Gasteiger partial charge in [0.1, 0.15) is 0 Å². The Kier molecular flexibility index (Phi) is 3.70. The molecule has 86 valence electrons. The Balaban J connectivity index is 1.95. The Bertz CT molecular complexity index is 354. The summed E-state index contributed by atoms with van der Waals surface area (Å²) in [6.07, 6.45) is 3.73. The zero-order valence-corrected chi connectivity index (χ0v) is 9.89. The van der Waals surface area contributed by atoms with E-state index in [1.165, 1.54) is 0 Å². The molecule has 0 aliphatic carbocycles. The molecule has 3 nitrogen and oxygen atoms in total. The molecule has 0 bridgehead atoms. The lowest BCUT2D eigenvalue weighted by Crippen LogP contribution is -2.44. The van der Waals surface area contributed by atoms with Crippen molar-refractivity contribution in [3.63, 3.8) is 0 Å². The minimum Gasteiger partial charge on any atom is -0.304 e. The number of pyridine rings is 1. The first kappa shape index (κ1) is 11.3. The third kappa shape index (κ3) is 2.90. The molecule has 16 heavy (non-hydrogen) atoms. The second kappa shape index (κ2) is 5.23. The lowest BCUT2D eigenvalue weighted by Gasteiger charge is -2.32. The van der Waals surface area contributed by atoms with Gasteiger partial charge in [0.15, 0.2) is 0 Å². The summed E-state index contributed by atoms with van der Waals surface area (Å²) in [5.74, 6) is 0. The highest BCUT2D eigenvalue weighted by atomic mass is 15.2. The molecule has 0 aromatic carbocycles. The van der Waals surface area contributed by atoms with E-state index in [-0.39, 0.29) is 0 Å². The van der Waals surface area contributed by atoms with Crippen LogP contribution in [0.1, 0.15) is 11.3 Å². The zero-order valence-electron chi connectivity index (χ0n) is 9.89. The Morgan fingerprint density at radius 1 is 1.38 bits per heavy atom. The highest BCUT2D eigenvalue weighted by Gasteiger charge is 2.14. The van der Waals surface area contributed by atoms with Crippen molar-refractivity contribution in [2.45, 2.75) is 6.54 Å². The second-order valence-corrected chi connectivity index (χ2v) is 4.36. The number of rotatable bonds is 3. The molecule has 1 aromatic heterocycles. The van der Waals surface area contributed by atoms with Gasteiger partial charge < -0.3 is 4.90 Å². The van der Waals surface area contributed by atoms with E-state index >= 15 is 0 Å². The molecule has 0 unspecified atom stereocenters. The van der Waals surface area contributed by atoms with Crippen molar-refractivity contribution in [1.29, 1.82) is 0 Å². The van der Waals surface area contributed by atoms with Crippen molar-refractivity contribution in [2.24, 2.45) is 0 Å². The van der Waals surface area contributed by atoms with Crippen LogP contribution < -0.4 is 0 Å². The largest absolute Gasteiger partial charge is 0.304 e. The van der Waals surface area contributed by atoms with Crippen LogP contribution in [0, 0.1) is 0 Å².